The van der Waals surface area contributed by atoms with Crippen molar-refractivity contribution in [1.29, 1.82) is 0 Å². The van der Waals surface area contributed by atoms with Crippen LogP contribution in [0.3, 0.4) is 0 Å². The summed E-state index contributed by atoms with van der Waals surface area (Å²) in [6, 6.07) is 7.47. The number of alkyl halides is 5. The van der Waals surface area contributed by atoms with Crippen LogP contribution in [0, 0.1) is 0 Å². The van der Waals surface area contributed by atoms with Crippen LogP contribution in [0.4, 0.5) is 22.0 Å². The van der Waals surface area contributed by atoms with Gasteiger partial charge in [0.15, 0.2) is 0 Å². The molecule has 2 aromatic rings. The second-order valence-electron chi connectivity index (χ2n) is 7.10. The first-order chi connectivity index (χ1) is 15.5. The number of amides is 1. The van der Waals surface area contributed by atoms with E-state index in [1.807, 2.05) is 0 Å². The SMILES string of the molecule is O=C(NCc1ccc(OC(F)F)cc1)[C@H]1CNCCN1S(=O)(=O)c1ccc(C(F)(F)F)cc1. The molecule has 0 aromatic heterocycles. The van der Waals surface area contributed by atoms with Crippen molar-refractivity contribution in [2.24, 2.45) is 0 Å². The second-order valence-corrected chi connectivity index (χ2v) is 8.99. The number of hydrogen-bond acceptors (Lipinski definition) is 5. The summed E-state index contributed by atoms with van der Waals surface area (Å²) in [4.78, 5) is 12.4. The smallest absolute Gasteiger partial charge is 0.416 e. The highest BCUT2D eigenvalue weighted by Gasteiger charge is 2.38. The molecule has 1 aliphatic rings. The average Bonchev–Trinajstić information content (AvgIpc) is 2.77. The molecule has 0 saturated carbocycles. The standard InChI is InChI=1S/C20H20F5N3O4S/c21-19(22)32-15-5-1-13(2-6-15)11-27-18(29)17-12-26-9-10-28(17)33(30,31)16-7-3-14(4-8-16)20(23,24)25/h1-8,17,19,26H,9-12H2,(H,27,29)/t17-/m1/s1. The van der Waals surface area contributed by atoms with Crippen LogP contribution in [0.5, 0.6) is 5.75 Å². The van der Waals surface area contributed by atoms with Gasteiger partial charge >= 0.3 is 12.8 Å². The number of nitrogens with zero attached hydrogens (tertiary/aromatic N) is 1. The summed E-state index contributed by atoms with van der Waals surface area (Å²) in [5.41, 5.74) is -0.424. The normalized spacial score (nSPS) is 17.7. The number of rotatable bonds is 7. The third-order valence-electron chi connectivity index (χ3n) is 4.90. The molecule has 0 radical (unpaired) electrons. The summed E-state index contributed by atoms with van der Waals surface area (Å²) in [6.45, 7) is -2.76. The molecule has 33 heavy (non-hydrogen) atoms. The molecule has 2 N–H and O–H groups in total. The Morgan fingerprint density at radius 3 is 2.33 bits per heavy atom. The lowest BCUT2D eigenvalue weighted by Crippen LogP contribution is -2.59. The van der Waals surface area contributed by atoms with E-state index in [2.05, 4.69) is 15.4 Å². The Morgan fingerprint density at radius 1 is 1.12 bits per heavy atom. The van der Waals surface area contributed by atoms with Gasteiger partial charge in [0.05, 0.1) is 10.5 Å². The van der Waals surface area contributed by atoms with Gasteiger partial charge in [-0.15, -0.1) is 0 Å². The van der Waals surface area contributed by atoms with Gasteiger partial charge in [-0.2, -0.15) is 26.3 Å². The van der Waals surface area contributed by atoms with Crippen molar-refractivity contribution >= 4 is 15.9 Å². The Bertz CT molecular complexity index is 1060. The zero-order chi connectivity index (χ0) is 24.2. The van der Waals surface area contributed by atoms with E-state index >= 15 is 0 Å². The predicted molar refractivity (Wildman–Crippen MR) is 107 cm³/mol. The van der Waals surface area contributed by atoms with Gasteiger partial charge in [-0.05, 0) is 42.0 Å². The maximum atomic E-state index is 13.0. The van der Waals surface area contributed by atoms with Gasteiger partial charge in [-0.1, -0.05) is 12.1 Å². The zero-order valence-corrected chi connectivity index (χ0v) is 17.8. The minimum atomic E-state index is -4.61. The van der Waals surface area contributed by atoms with Crippen LogP contribution >= 0.6 is 0 Å². The number of carbonyl (C=O) groups excluding carboxylic acids is 1. The maximum absolute atomic E-state index is 13.0. The van der Waals surface area contributed by atoms with Crippen molar-refractivity contribution in [3.63, 3.8) is 0 Å². The van der Waals surface area contributed by atoms with Gasteiger partial charge in [0, 0.05) is 26.2 Å². The highest BCUT2D eigenvalue weighted by molar-refractivity contribution is 7.89. The van der Waals surface area contributed by atoms with E-state index in [-0.39, 0.29) is 36.8 Å². The highest BCUT2D eigenvalue weighted by atomic mass is 32.2. The summed E-state index contributed by atoms with van der Waals surface area (Å²) in [6.07, 6.45) is -4.61. The molecule has 13 heteroatoms. The third kappa shape index (κ3) is 6.18. The van der Waals surface area contributed by atoms with Gasteiger partial charge in [-0.3, -0.25) is 4.79 Å². The molecule has 0 spiro atoms. The molecule has 1 atom stereocenters. The molecule has 1 heterocycles. The first-order valence-corrected chi connectivity index (χ1v) is 11.1. The topological polar surface area (TPSA) is 87.7 Å². The average molecular weight is 493 g/mol. The molecule has 7 nitrogen and oxygen atoms in total. The molecule has 180 valence electrons. The molecule has 1 saturated heterocycles. The summed E-state index contributed by atoms with van der Waals surface area (Å²) >= 11 is 0. The van der Waals surface area contributed by atoms with E-state index in [4.69, 9.17) is 0 Å². The fourth-order valence-electron chi connectivity index (χ4n) is 3.24. The van der Waals surface area contributed by atoms with Crippen molar-refractivity contribution in [1.82, 2.24) is 14.9 Å². The van der Waals surface area contributed by atoms with Gasteiger partial charge < -0.3 is 15.4 Å². The first-order valence-electron chi connectivity index (χ1n) is 9.70. The van der Waals surface area contributed by atoms with Crippen LogP contribution in [-0.4, -0.2) is 50.9 Å². The number of carbonyl (C=O) groups is 1. The lowest BCUT2D eigenvalue weighted by molar-refractivity contribution is -0.137. The highest BCUT2D eigenvalue weighted by Crippen LogP contribution is 2.30. The predicted octanol–water partition coefficient (Wildman–Crippen LogP) is 2.59. The van der Waals surface area contributed by atoms with E-state index in [1.54, 1.807) is 0 Å². The number of sulfonamides is 1. The molecular formula is C20H20F5N3O4S. The quantitative estimate of drug-likeness (QED) is 0.579. The van der Waals surface area contributed by atoms with Crippen molar-refractivity contribution in [2.75, 3.05) is 19.6 Å². The lowest BCUT2D eigenvalue weighted by atomic mass is 10.2. The second kappa shape index (κ2) is 10.0. The van der Waals surface area contributed by atoms with Crippen LogP contribution in [0.1, 0.15) is 11.1 Å². The lowest BCUT2D eigenvalue weighted by Gasteiger charge is -2.34. The van der Waals surface area contributed by atoms with Crippen LogP contribution in [-0.2, 0) is 27.5 Å². The van der Waals surface area contributed by atoms with Gasteiger partial charge in [-0.25, -0.2) is 8.42 Å². The van der Waals surface area contributed by atoms with Gasteiger partial charge in [0.2, 0.25) is 15.9 Å². The number of piperazine rings is 1. The fraction of sp³-hybridized carbons (Fsp3) is 0.350. The van der Waals surface area contributed by atoms with Crippen molar-refractivity contribution in [3.05, 3.63) is 59.7 Å². The van der Waals surface area contributed by atoms with Gasteiger partial charge in [0.25, 0.3) is 0 Å². The largest absolute Gasteiger partial charge is 0.435 e. The first kappa shape index (κ1) is 24.9. The van der Waals surface area contributed by atoms with Crippen LogP contribution < -0.4 is 15.4 Å². The Kier molecular flexibility index (Phi) is 7.55. The van der Waals surface area contributed by atoms with E-state index in [1.165, 1.54) is 24.3 Å². The summed E-state index contributed by atoms with van der Waals surface area (Å²) in [5, 5.41) is 5.51. The van der Waals surface area contributed by atoms with E-state index in [0.29, 0.717) is 17.7 Å². The Morgan fingerprint density at radius 2 is 1.76 bits per heavy atom. The van der Waals surface area contributed by atoms with Crippen molar-refractivity contribution in [2.45, 2.75) is 30.3 Å². The summed E-state index contributed by atoms with van der Waals surface area (Å²) in [5.74, 6) is -0.670. The van der Waals surface area contributed by atoms with E-state index in [9.17, 15) is 35.2 Å². The molecule has 0 aliphatic carbocycles. The van der Waals surface area contributed by atoms with Crippen LogP contribution in [0.2, 0.25) is 0 Å². The monoisotopic (exact) mass is 493 g/mol. The molecule has 0 unspecified atom stereocenters. The number of ether oxygens (including phenoxy) is 1. The Hall–Kier alpha value is -2.77. The minimum absolute atomic E-state index is 0.00153. The van der Waals surface area contributed by atoms with Crippen LogP contribution in [0.15, 0.2) is 53.4 Å². The Balaban J connectivity index is 1.70. The molecule has 1 fully saturated rings. The van der Waals surface area contributed by atoms with E-state index < -0.39 is 40.3 Å². The number of benzene rings is 2. The van der Waals surface area contributed by atoms with Crippen molar-refractivity contribution < 1.29 is 39.9 Å². The number of hydrogen-bond donors (Lipinski definition) is 2. The number of nitrogens with one attached hydrogen (secondary N) is 2. The Labute approximate surface area is 186 Å². The minimum Gasteiger partial charge on any atom is -0.435 e. The third-order valence-corrected chi connectivity index (χ3v) is 6.82. The van der Waals surface area contributed by atoms with Crippen molar-refractivity contribution in [3.8, 4) is 5.75 Å². The number of halogens is 5. The van der Waals surface area contributed by atoms with E-state index in [0.717, 1.165) is 16.4 Å². The summed E-state index contributed by atoms with van der Waals surface area (Å²) < 4.78 is 94.0. The molecule has 0 bridgehead atoms. The molecule has 1 aliphatic heterocycles. The maximum Gasteiger partial charge on any atom is 0.416 e. The fourth-order valence-corrected chi connectivity index (χ4v) is 4.83. The molecular weight excluding hydrogens is 473 g/mol. The molecule has 1 amide bonds. The summed E-state index contributed by atoms with van der Waals surface area (Å²) in [7, 11) is -4.24. The van der Waals surface area contributed by atoms with Gasteiger partial charge in [0.1, 0.15) is 11.8 Å². The zero-order valence-electron chi connectivity index (χ0n) is 17.0. The molecule has 3 rings (SSSR count). The van der Waals surface area contributed by atoms with Crippen LogP contribution in [0.25, 0.3) is 0 Å². The molecule has 2 aromatic carbocycles.